The average Bonchev–Trinajstić information content (AvgIpc) is 0.905. The van der Waals surface area contributed by atoms with E-state index in [9.17, 15) is 43.2 Å². The summed E-state index contributed by atoms with van der Waals surface area (Å²) >= 11 is 0. The smallest absolute Gasteiger partial charge is 0.462 e. The molecule has 17 nitrogen and oxygen atoms in total. The Balaban J connectivity index is 5.27. The van der Waals surface area contributed by atoms with Crippen LogP contribution in [0.1, 0.15) is 427 Å². The van der Waals surface area contributed by atoms with Gasteiger partial charge >= 0.3 is 39.5 Å². The summed E-state index contributed by atoms with van der Waals surface area (Å²) in [6.45, 7) is 9.67. The molecule has 0 fully saturated rings. The number of ether oxygens (including phenoxy) is 4. The monoisotopic (exact) mass is 1520 g/mol. The van der Waals surface area contributed by atoms with Crippen LogP contribution in [0.25, 0.3) is 0 Å². The normalized spacial score (nSPS) is 14.2. The Morgan fingerprint density at radius 1 is 0.317 bits per heavy atom. The highest BCUT2D eigenvalue weighted by atomic mass is 31.2. The molecule has 0 aliphatic heterocycles. The second-order valence-corrected chi connectivity index (χ2v) is 33.5. The fourth-order valence-electron chi connectivity index (χ4n) is 12.7. The van der Waals surface area contributed by atoms with E-state index in [2.05, 4.69) is 65.8 Å². The van der Waals surface area contributed by atoms with Gasteiger partial charge in [0, 0.05) is 25.7 Å². The van der Waals surface area contributed by atoms with Crippen LogP contribution in [0.3, 0.4) is 0 Å². The van der Waals surface area contributed by atoms with E-state index in [1.807, 2.05) is 0 Å². The first-order chi connectivity index (χ1) is 50.4. The quantitative estimate of drug-likeness (QED) is 0.0169. The molecule has 0 aliphatic carbocycles. The molecule has 0 aromatic rings. The molecule has 614 valence electrons. The van der Waals surface area contributed by atoms with Gasteiger partial charge in [-0.05, 0) is 63.2 Å². The van der Waals surface area contributed by atoms with Gasteiger partial charge in [-0.1, -0.05) is 374 Å². The number of hydrogen-bond donors (Lipinski definition) is 3. The Hall–Kier alpha value is -2.46. The molecule has 0 spiro atoms. The molecule has 0 heterocycles. The van der Waals surface area contributed by atoms with Crippen molar-refractivity contribution in [3.63, 3.8) is 0 Å². The predicted molar refractivity (Wildman–Crippen MR) is 427 cm³/mol. The standard InChI is InChI=1S/C85H162O17P2/c1-7-10-12-14-16-18-20-22-27-31-38-44-50-56-62-68-83(88)96-74-81(101-84(89)69-63-57-51-45-39-32-29-26-24-23-25-28-30-36-42-48-54-60-66-78(6)9-3)76-100-104(93,94)98-72-79(86)71-97-103(91,92)99-75-80(73-95-82(87)67-61-55-49-43-37-21-19-17-15-13-11-8-2)102-85(90)70-64-58-52-46-40-34-33-35-41-47-53-59-65-77(4)5/h18,20,22,27,77-81,86H,7-17,19,21,23-26,28-76H2,1-6H3,(H,91,92)(H,93,94)/b20-18-,27-22-/t78?,79-,80+,81+/m0/s1. The number of allylic oxidation sites excluding steroid dienone is 4. The molecule has 0 aliphatic rings. The van der Waals surface area contributed by atoms with E-state index in [4.69, 9.17) is 37.0 Å². The summed E-state index contributed by atoms with van der Waals surface area (Å²) in [6, 6.07) is 0. The SMILES string of the molecule is CCCCCC/C=C\C=C/CCCCCCCC(=O)OC[C@H](COP(=O)(O)OC[C@@H](O)COP(=O)(O)OC[C@@H](COC(=O)CCCCCCCCCCCCCC)OC(=O)CCCCCCCCCCCCCCC(C)C)OC(=O)CCCCCCCCCCCCCCCCCCCCC(C)CC. The Kier molecular flexibility index (Phi) is 74.1. The van der Waals surface area contributed by atoms with Crippen molar-refractivity contribution in [2.45, 2.75) is 445 Å². The maximum absolute atomic E-state index is 13.1. The average molecular weight is 1520 g/mol. The third kappa shape index (κ3) is 76.3. The van der Waals surface area contributed by atoms with Crippen molar-refractivity contribution in [3.8, 4) is 0 Å². The van der Waals surface area contributed by atoms with Crippen LogP contribution >= 0.6 is 15.6 Å². The maximum Gasteiger partial charge on any atom is 0.472 e. The lowest BCUT2D eigenvalue weighted by atomic mass is 9.99. The molecule has 0 saturated heterocycles. The highest BCUT2D eigenvalue weighted by Crippen LogP contribution is 2.45. The lowest BCUT2D eigenvalue weighted by molar-refractivity contribution is -0.161. The van der Waals surface area contributed by atoms with E-state index >= 15 is 0 Å². The highest BCUT2D eigenvalue weighted by Gasteiger charge is 2.30. The van der Waals surface area contributed by atoms with Crippen LogP contribution in [0.5, 0.6) is 0 Å². The number of esters is 4. The highest BCUT2D eigenvalue weighted by molar-refractivity contribution is 7.47. The summed E-state index contributed by atoms with van der Waals surface area (Å²) in [6.07, 6.45) is 70.1. The molecule has 3 unspecified atom stereocenters. The lowest BCUT2D eigenvalue weighted by Crippen LogP contribution is -2.30. The van der Waals surface area contributed by atoms with Gasteiger partial charge < -0.3 is 33.8 Å². The number of aliphatic hydroxyl groups excluding tert-OH is 1. The third-order valence-corrected chi connectivity index (χ3v) is 21.6. The molecule has 0 rings (SSSR count). The zero-order valence-corrected chi connectivity index (χ0v) is 69.6. The first-order valence-electron chi connectivity index (χ1n) is 43.3. The summed E-state index contributed by atoms with van der Waals surface area (Å²) in [5, 5.41) is 10.7. The molecule has 0 aromatic carbocycles. The number of aliphatic hydroxyl groups is 1. The van der Waals surface area contributed by atoms with E-state index in [1.54, 1.807) is 0 Å². The van der Waals surface area contributed by atoms with Gasteiger partial charge in [-0.25, -0.2) is 9.13 Å². The summed E-state index contributed by atoms with van der Waals surface area (Å²) < 4.78 is 68.8. The molecule has 0 bridgehead atoms. The summed E-state index contributed by atoms with van der Waals surface area (Å²) in [5.74, 6) is -0.488. The number of phosphoric acid groups is 2. The van der Waals surface area contributed by atoms with Gasteiger partial charge in [-0.15, -0.1) is 0 Å². The van der Waals surface area contributed by atoms with Gasteiger partial charge in [0.1, 0.15) is 19.3 Å². The number of unbranched alkanes of at least 4 members (excludes halogenated alkanes) is 48. The van der Waals surface area contributed by atoms with Crippen molar-refractivity contribution in [1.82, 2.24) is 0 Å². The predicted octanol–water partition coefficient (Wildman–Crippen LogP) is 25.4. The summed E-state index contributed by atoms with van der Waals surface area (Å²) in [7, 11) is -9.94. The number of rotatable bonds is 82. The van der Waals surface area contributed by atoms with E-state index in [-0.39, 0.29) is 25.7 Å². The van der Waals surface area contributed by atoms with Crippen LogP contribution in [-0.2, 0) is 65.4 Å². The van der Waals surface area contributed by atoms with Crippen molar-refractivity contribution in [3.05, 3.63) is 24.3 Å². The Morgan fingerprint density at radius 3 is 0.865 bits per heavy atom. The molecule has 104 heavy (non-hydrogen) atoms. The van der Waals surface area contributed by atoms with Gasteiger partial charge in [0.25, 0.3) is 0 Å². The van der Waals surface area contributed by atoms with Gasteiger partial charge in [0.05, 0.1) is 26.4 Å². The zero-order valence-electron chi connectivity index (χ0n) is 67.8. The first kappa shape index (κ1) is 102. The summed E-state index contributed by atoms with van der Waals surface area (Å²) in [5.41, 5.74) is 0. The van der Waals surface area contributed by atoms with Gasteiger partial charge in [0.15, 0.2) is 12.2 Å². The molecule has 0 aromatic heterocycles. The molecule has 19 heteroatoms. The minimum atomic E-state index is -4.97. The van der Waals surface area contributed by atoms with Crippen molar-refractivity contribution in [1.29, 1.82) is 0 Å². The minimum absolute atomic E-state index is 0.102. The van der Waals surface area contributed by atoms with Gasteiger partial charge in [-0.3, -0.25) is 37.3 Å². The first-order valence-corrected chi connectivity index (χ1v) is 46.3. The van der Waals surface area contributed by atoms with Crippen LogP contribution in [0.4, 0.5) is 0 Å². The Bertz CT molecular complexity index is 2090. The minimum Gasteiger partial charge on any atom is -0.462 e. The topological polar surface area (TPSA) is 237 Å². The van der Waals surface area contributed by atoms with Crippen molar-refractivity contribution in [2.75, 3.05) is 39.6 Å². The molecule has 3 N–H and O–H groups in total. The molecular weight excluding hydrogens is 1350 g/mol. The molecule has 0 amide bonds. The zero-order chi connectivity index (χ0) is 76.4. The Labute approximate surface area is 637 Å². The number of carbonyl (C=O) groups excluding carboxylic acids is 4. The van der Waals surface area contributed by atoms with Gasteiger partial charge in [-0.2, -0.15) is 0 Å². The summed E-state index contributed by atoms with van der Waals surface area (Å²) in [4.78, 5) is 73.2. The molecule has 0 saturated carbocycles. The molecule has 0 radical (unpaired) electrons. The van der Waals surface area contributed by atoms with Crippen molar-refractivity contribution >= 4 is 39.5 Å². The largest absolute Gasteiger partial charge is 0.472 e. The van der Waals surface area contributed by atoms with E-state index in [0.717, 1.165) is 121 Å². The number of carbonyl (C=O) groups is 4. The van der Waals surface area contributed by atoms with E-state index < -0.39 is 97.5 Å². The van der Waals surface area contributed by atoms with Crippen LogP contribution < -0.4 is 0 Å². The van der Waals surface area contributed by atoms with Crippen molar-refractivity contribution < 1.29 is 80.2 Å². The second-order valence-electron chi connectivity index (χ2n) is 30.6. The second kappa shape index (κ2) is 75.9. The number of phosphoric ester groups is 2. The van der Waals surface area contributed by atoms with Crippen LogP contribution in [-0.4, -0.2) is 96.7 Å². The lowest BCUT2D eigenvalue weighted by Gasteiger charge is -2.21. The van der Waals surface area contributed by atoms with Crippen molar-refractivity contribution in [2.24, 2.45) is 11.8 Å². The fraction of sp³-hybridized carbons (Fsp3) is 0.906. The maximum atomic E-state index is 13.1. The number of hydrogen-bond acceptors (Lipinski definition) is 15. The van der Waals surface area contributed by atoms with Crippen LogP contribution in [0, 0.1) is 11.8 Å². The van der Waals surface area contributed by atoms with E-state index in [0.29, 0.717) is 25.7 Å². The third-order valence-electron chi connectivity index (χ3n) is 19.7. The Morgan fingerprint density at radius 2 is 0.567 bits per heavy atom. The van der Waals surface area contributed by atoms with Gasteiger partial charge in [0.2, 0.25) is 0 Å². The molecule has 6 atom stereocenters. The van der Waals surface area contributed by atoms with Crippen LogP contribution in [0.15, 0.2) is 24.3 Å². The van der Waals surface area contributed by atoms with E-state index in [1.165, 1.54) is 225 Å². The van der Waals surface area contributed by atoms with Crippen LogP contribution in [0.2, 0.25) is 0 Å². The fourth-order valence-corrected chi connectivity index (χ4v) is 14.3. The molecular formula is C85H162O17P2.